The molecule has 0 unspecified atom stereocenters. The molecule has 1 saturated heterocycles. The molecule has 1 aliphatic rings. The molecule has 0 saturated carbocycles. The van der Waals surface area contributed by atoms with E-state index < -0.39 is 27.8 Å². The van der Waals surface area contributed by atoms with E-state index >= 15 is 0 Å². The van der Waals surface area contributed by atoms with Crippen LogP contribution in [0.15, 0.2) is 60.1 Å². The van der Waals surface area contributed by atoms with Crippen molar-refractivity contribution in [1.29, 1.82) is 0 Å². The third kappa shape index (κ3) is 14.6. The van der Waals surface area contributed by atoms with Gasteiger partial charge in [0.15, 0.2) is 17.6 Å². The number of thiazole rings is 1. The van der Waals surface area contributed by atoms with Gasteiger partial charge in [-0.3, -0.25) is 4.55 Å². The molecular weight excluding hydrogens is 767 g/mol. The minimum Gasteiger partial charge on any atom is -0.542 e. The Bertz CT molecular complexity index is 1860. The summed E-state index contributed by atoms with van der Waals surface area (Å²) in [6, 6.07) is 17.0. The highest BCUT2D eigenvalue weighted by Crippen LogP contribution is 2.34. The molecule has 1 fully saturated rings. The molecule has 4 N–H and O–H groups in total. The molecule has 298 valence electrons. The number of carboxylic acid groups (broad SMARTS) is 1. The van der Waals surface area contributed by atoms with Crippen molar-refractivity contribution >= 4 is 27.4 Å². The zero-order valence-corrected chi connectivity index (χ0v) is 30.9. The quantitative estimate of drug-likeness (QED) is 0.0579. The molecule has 12 nitrogen and oxygen atoms in total. The molecule has 2 aromatic carbocycles. The van der Waals surface area contributed by atoms with Gasteiger partial charge in [-0.1, -0.05) is 30.3 Å². The number of rotatable bonds is 13. The molecule has 1 aliphatic heterocycles. The van der Waals surface area contributed by atoms with Crippen LogP contribution in [0.3, 0.4) is 0 Å². The van der Waals surface area contributed by atoms with E-state index in [4.69, 9.17) is 43.5 Å². The van der Waals surface area contributed by atoms with E-state index in [0.717, 1.165) is 91.8 Å². The SMILES string of the molecule is Cn1n[n+](-c2ccc(-c3nc(CCc4ccccc4)cs3)c(OCCC3CCNCC3)c2)cc1CCCCN.O=C([O-])C(F)(F)F.O=S(=O)(O)C(F)(F)F. The fourth-order valence-electron chi connectivity index (χ4n) is 5.17. The van der Waals surface area contributed by atoms with Crippen molar-refractivity contribution in [3.05, 3.63) is 77.1 Å². The Morgan fingerprint density at radius 2 is 1.72 bits per heavy atom. The summed E-state index contributed by atoms with van der Waals surface area (Å²) in [5.41, 5.74) is 5.88. The highest BCUT2D eigenvalue weighted by molar-refractivity contribution is 7.86. The summed E-state index contributed by atoms with van der Waals surface area (Å²) in [5, 5.41) is 20.2. The largest absolute Gasteiger partial charge is 0.542 e. The molecule has 0 amide bonds. The summed E-state index contributed by atoms with van der Waals surface area (Å²) in [5.74, 6) is -1.40. The molecule has 0 bridgehead atoms. The second-order valence-corrected chi connectivity index (χ2v) is 14.4. The van der Waals surface area contributed by atoms with Gasteiger partial charge in [0.1, 0.15) is 23.8 Å². The van der Waals surface area contributed by atoms with Crippen LogP contribution in [-0.4, -0.2) is 71.7 Å². The smallest absolute Gasteiger partial charge is 0.522 e. The Labute approximate surface area is 312 Å². The van der Waals surface area contributed by atoms with Crippen LogP contribution in [0.2, 0.25) is 0 Å². The number of aryl methyl sites for hydroxylation is 4. The first-order valence-electron chi connectivity index (χ1n) is 16.8. The van der Waals surface area contributed by atoms with Gasteiger partial charge >= 0.3 is 21.8 Å². The van der Waals surface area contributed by atoms with Gasteiger partial charge in [0, 0.05) is 17.9 Å². The van der Waals surface area contributed by atoms with Gasteiger partial charge in [-0.05, 0) is 88.2 Å². The normalized spacial score (nSPS) is 13.7. The van der Waals surface area contributed by atoms with Gasteiger partial charge in [-0.15, -0.1) is 20.7 Å². The zero-order valence-electron chi connectivity index (χ0n) is 29.3. The first-order valence-corrected chi connectivity index (χ1v) is 19.1. The molecular formula is C34H42F6N6O6S2. The Hall–Kier alpha value is -4.11. The number of unbranched alkanes of at least 4 members (excludes halogenated alkanes) is 1. The van der Waals surface area contributed by atoms with Gasteiger partial charge in [0.05, 0.1) is 23.1 Å². The number of carbonyl (C=O) groups excluding carboxylic acids is 1. The lowest BCUT2D eigenvalue weighted by molar-refractivity contribution is -0.661. The predicted octanol–water partition coefficient (Wildman–Crippen LogP) is 4.35. The molecule has 54 heavy (non-hydrogen) atoms. The summed E-state index contributed by atoms with van der Waals surface area (Å²) >= 11 is 1.70. The number of alkyl halides is 6. The number of benzene rings is 2. The molecule has 5 rings (SSSR count). The summed E-state index contributed by atoms with van der Waals surface area (Å²) < 4.78 is 99.5. The van der Waals surface area contributed by atoms with E-state index in [1.807, 2.05) is 16.4 Å². The second-order valence-electron chi connectivity index (χ2n) is 12.2. The number of hydrogen-bond acceptors (Lipinski definition) is 10. The average molecular weight is 809 g/mol. The first-order chi connectivity index (χ1) is 25.4. The number of halogens is 6. The van der Waals surface area contributed by atoms with Gasteiger partial charge in [-0.25, -0.2) is 4.98 Å². The molecule has 0 atom stereocenters. The highest BCUT2D eigenvalue weighted by atomic mass is 32.2. The van der Waals surface area contributed by atoms with Crippen LogP contribution in [0.25, 0.3) is 16.3 Å². The van der Waals surface area contributed by atoms with Crippen molar-refractivity contribution in [3.8, 4) is 22.0 Å². The van der Waals surface area contributed by atoms with E-state index in [9.17, 15) is 26.3 Å². The summed E-state index contributed by atoms with van der Waals surface area (Å²) in [6.07, 6.45) is 5.44. The Morgan fingerprint density at radius 3 is 2.31 bits per heavy atom. The van der Waals surface area contributed by atoms with Crippen LogP contribution in [0.4, 0.5) is 26.3 Å². The van der Waals surface area contributed by atoms with Crippen molar-refractivity contribution in [1.82, 2.24) is 20.2 Å². The van der Waals surface area contributed by atoms with Gasteiger partial charge < -0.3 is 25.7 Å². The van der Waals surface area contributed by atoms with Crippen LogP contribution < -0.4 is 25.6 Å². The maximum atomic E-state index is 10.7. The van der Waals surface area contributed by atoms with Crippen molar-refractivity contribution in [2.45, 2.75) is 63.1 Å². The minimum atomic E-state index is -5.84. The van der Waals surface area contributed by atoms with E-state index in [2.05, 4.69) is 65.4 Å². The third-order valence-corrected chi connectivity index (χ3v) is 9.60. The molecule has 0 aliphatic carbocycles. The van der Waals surface area contributed by atoms with Crippen LogP contribution >= 0.6 is 11.3 Å². The number of carboxylic acids is 1. The van der Waals surface area contributed by atoms with Gasteiger partial charge in [0.2, 0.25) is 0 Å². The number of nitrogens with one attached hydrogen (secondary N) is 1. The van der Waals surface area contributed by atoms with Crippen molar-refractivity contribution < 1.29 is 58.6 Å². The highest BCUT2D eigenvalue weighted by Gasteiger charge is 2.44. The van der Waals surface area contributed by atoms with Crippen LogP contribution in [0.1, 0.15) is 49.1 Å². The van der Waals surface area contributed by atoms with E-state index in [0.29, 0.717) is 6.61 Å². The van der Waals surface area contributed by atoms with Gasteiger partial charge in [-0.2, -0.15) is 34.8 Å². The summed E-state index contributed by atoms with van der Waals surface area (Å²) in [4.78, 5) is 13.8. The first kappa shape index (κ1) is 44.3. The third-order valence-electron chi connectivity index (χ3n) is 8.10. The van der Waals surface area contributed by atoms with E-state index in [-0.39, 0.29) is 0 Å². The maximum absolute atomic E-state index is 10.7. The van der Waals surface area contributed by atoms with Crippen molar-refractivity contribution in [2.24, 2.45) is 18.7 Å². The van der Waals surface area contributed by atoms with Crippen molar-refractivity contribution in [3.63, 3.8) is 0 Å². The Kier molecular flexibility index (Phi) is 16.8. The van der Waals surface area contributed by atoms with Crippen molar-refractivity contribution in [2.75, 3.05) is 26.2 Å². The van der Waals surface area contributed by atoms with Crippen LogP contribution in [0.5, 0.6) is 5.75 Å². The molecule has 0 radical (unpaired) electrons. The maximum Gasteiger partial charge on any atom is 0.522 e. The number of nitrogens with zero attached hydrogens (tertiary/aromatic N) is 4. The number of aliphatic carboxylic acids is 1. The average Bonchev–Trinajstić information content (AvgIpc) is 3.74. The number of piperidine rings is 1. The van der Waals surface area contributed by atoms with E-state index in [1.54, 1.807) is 11.3 Å². The fourth-order valence-corrected chi connectivity index (χ4v) is 6.06. The van der Waals surface area contributed by atoms with Gasteiger partial charge in [0.25, 0.3) is 0 Å². The number of ether oxygens (including phenoxy) is 1. The topological polar surface area (TPSA) is 176 Å². The lowest BCUT2D eigenvalue weighted by atomic mass is 9.95. The number of carbonyl (C=O) groups is 1. The Balaban J connectivity index is 0.000000441. The summed E-state index contributed by atoms with van der Waals surface area (Å²) in [6.45, 7) is 3.66. The fraction of sp³-hybridized carbons (Fsp3) is 0.471. The van der Waals surface area contributed by atoms with E-state index in [1.165, 1.54) is 24.1 Å². The summed E-state index contributed by atoms with van der Waals surface area (Å²) in [7, 11) is -3.83. The predicted molar refractivity (Wildman–Crippen MR) is 186 cm³/mol. The zero-order chi connectivity index (χ0) is 39.9. The second kappa shape index (κ2) is 20.5. The molecule has 4 aromatic rings. The lowest BCUT2D eigenvalue weighted by Gasteiger charge is -2.22. The Morgan fingerprint density at radius 1 is 1.07 bits per heavy atom. The molecule has 2 aromatic heterocycles. The number of hydrogen-bond donors (Lipinski definition) is 3. The minimum absolute atomic E-state index is 0.713. The molecule has 3 heterocycles. The van der Waals surface area contributed by atoms with Crippen LogP contribution in [0, 0.1) is 5.92 Å². The number of aromatic nitrogens is 4. The standard InChI is InChI=1S/C31H41N6OS.C2HF3O2.CHF3O3S/c1-36-28(9-5-6-17-32)22-37(35-36)27-12-13-29(30(21-27)38-20-16-25-14-18-33-19-15-25)31-34-26(23-39-31)11-10-24-7-3-2-4-8-24;3-2(4,5)1(6)7;2-1(3,4)8(5,6)7/h2-4,7-8,12-13,21-23,25,33H,5-6,9-11,14-20,32H2,1H3;(H,6,7);(H,5,6,7)/q+1;;/p-1. The molecule has 0 spiro atoms. The molecule has 20 heteroatoms. The number of nitrogens with two attached hydrogens (primary N) is 1. The lowest BCUT2D eigenvalue weighted by Crippen LogP contribution is -2.37. The van der Waals surface area contributed by atoms with Crippen LogP contribution in [-0.2, 0) is 41.2 Å². The monoisotopic (exact) mass is 808 g/mol.